The van der Waals surface area contributed by atoms with Crippen LogP contribution in [0.3, 0.4) is 0 Å². The first kappa shape index (κ1) is 28.2. The fourth-order valence-corrected chi connectivity index (χ4v) is 6.70. The van der Waals surface area contributed by atoms with Gasteiger partial charge in [0.2, 0.25) is 0 Å². The number of rotatable bonds is 8. The number of allylic oxidation sites excluding steroid dienone is 1. The van der Waals surface area contributed by atoms with Crippen LogP contribution in [0.15, 0.2) is 101 Å². The van der Waals surface area contributed by atoms with Crippen molar-refractivity contribution in [3.8, 4) is 5.75 Å². The van der Waals surface area contributed by atoms with Crippen LogP contribution in [0.4, 0.5) is 0 Å². The van der Waals surface area contributed by atoms with Crippen molar-refractivity contribution in [1.29, 1.82) is 0 Å². The summed E-state index contributed by atoms with van der Waals surface area (Å²) >= 11 is 6.31. The average Bonchev–Trinajstić information content (AvgIpc) is 3.41. The van der Waals surface area contributed by atoms with Crippen molar-refractivity contribution in [3.05, 3.63) is 107 Å². The minimum atomic E-state index is -0.701. The van der Waals surface area contributed by atoms with E-state index in [2.05, 4.69) is 20.9 Å². The van der Waals surface area contributed by atoms with Gasteiger partial charge in [-0.1, -0.05) is 53.4 Å². The van der Waals surface area contributed by atoms with Crippen molar-refractivity contribution in [3.63, 3.8) is 0 Å². The van der Waals surface area contributed by atoms with Gasteiger partial charge < -0.3 is 13.9 Å². The summed E-state index contributed by atoms with van der Waals surface area (Å²) in [6.45, 7) is 7.81. The molecule has 0 unspecified atom stereocenters. The fraction of sp³-hybridized carbons (Fsp3) is 0.233. The summed E-state index contributed by atoms with van der Waals surface area (Å²) in [5.74, 6) is 0.739. The van der Waals surface area contributed by atoms with E-state index in [1.54, 1.807) is 31.4 Å². The fourth-order valence-electron chi connectivity index (χ4n) is 4.32. The number of carbonyl (C=O) groups excluding carboxylic acids is 1. The Hall–Kier alpha value is -3.34. The normalized spacial score (nSPS) is 15.2. The van der Waals surface area contributed by atoms with Gasteiger partial charge in [0.1, 0.15) is 11.5 Å². The highest BCUT2D eigenvalue weighted by atomic mass is 79.9. The lowest BCUT2D eigenvalue weighted by molar-refractivity contribution is -0.143. The molecular formula is C30H27BrN2O5S2. The smallest absolute Gasteiger partial charge is 0.338 e. The van der Waals surface area contributed by atoms with Crippen molar-refractivity contribution < 1.29 is 18.7 Å². The number of esters is 1. The van der Waals surface area contributed by atoms with Crippen LogP contribution in [-0.2, 0) is 9.53 Å². The Morgan fingerprint density at radius 1 is 1.20 bits per heavy atom. The molecule has 206 valence electrons. The van der Waals surface area contributed by atoms with E-state index in [4.69, 9.17) is 13.9 Å². The lowest BCUT2D eigenvalue weighted by Gasteiger charge is -2.25. The number of aromatic nitrogens is 1. The molecule has 1 atom stereocenters. The number of fused-ring (bicyclic) bond motifs is 1. The maximum absolute atomic E-state index is 13.9. The molecule has 0 spiro atoms. The van der Waals surface area contributed by atoms with E-state index in [1.807, 2.05) is 67.6 Å². The Bertz CT molecular complexity index is 1750. The van der Waals surface area contributed by atoms with Gasteiger partial charge in [0.15, 0.2) is 9.89 Å². The van der Waals surface area contributed by atoms with Gasteiger partial charge in [-0.25, -0.2) is 9.79 Å². The molecule has 1 aliphatic rings. The second kappa shape index (κ2) is 12.0. The summed E-state index contributed by atoms with van der Waals surface area (Å²) in [5.41, 5.74) is 1.33. The molecule has 2 aromatic heterocycles. The van der Waals surface area contributed by atoms with Crippen molar-refractivity contribution in [2.45, 2.75) is 49.8 Å². The Morgan fingerprint density at radius 2 is 1.93 bits per heavy atom. The molecule has 0 aliphatic carbocycles. The van der Waals surface area contributed by atoms with Gasteiger partial charge in [-0.15, -0.1) is 0 Å². The average molecular weight is 640 g/mol. The Morgan fingerprint density at radius 3 is 2.60 bits per heavy atom. The lowest BCUT2D eigenvalue weighted by atomic mass is 9.96. The Kier molecular flexibility index (Phi) is 8.48. The predicted octanol–water partition coefficient (Wildman–Crippen LogP) is 6.09. The summed E-state index contributed by atoms with van der Waals surface area (Å²) < 4.78 is 20.0. The quantitative estimate of drug-likeness (QED) is 0.217. The number of halogens is 1. The number of carbonyl (C=O) groups is 1. The summed E-state index contributed by atoms with van der Waals surface area (Å²) in [7, 11) is 0. The third kappa shape index (κ3) is 5.89. The van der Waals surface area contributed by atoms with Gasteiger partial charge in [0.25, 0.3) is 5.56 Å². The van der Waals surface area contributed by atoms with E-state index in [-0.39, 0.29) is 11.7 Å². The van der Waals surface area contributed by atoms with Crippen LogP contribution in [0.2, 0.25) is 0 Å². The SMILES string of the molecule is CCOc1ccc([C@@H]2C(C(=O)OC(C)C)=C(C)N=c3s/c(=C/c4cc(Br)c(Sc5ccccc5)o4)c(=O)n32)cc1. The molecule has 0 radical (unpaired) electrons. The summed E-state index contributed by atoms with van der Waals surface area (Å²) in [6, 6.07) is 18.4. The highest BCUT2D eigenvalue weighted by Gasteiger charge is 2.33. The number of ether oxygens (including phenoxy) is 2. The zero-order chi connectivity index (χ0) is 28.4. The molecule has 0 amide bonds. The van der Waals surface area contributed by atoms with Crippen LogP contribution in [-0.4, -0.2) is 23.2 Å². The Labute approximate surface area is 248 Å². The maximum atomic E-state index is 13.9. The number of nitrogens with zero attached hydrogens (tertiary/aromatic N) is 2. The predicted molar refractivity (Wildman–Crippen MR) is 160 cm³/mol. The van der Waals surface area contributed by atoms with E-state index >= 15 is 0 Å². The molecule has 1 aliphatic heterocycles. The molecular weight excluding hydrogens is 612 g/mol. The molecule has 2 aromatic carbocycles. The van der Waals surface area contributed by atoms with Crippen LogP contribution < -0.4 is 19.6 Å². The zero-order valence-electron chi connectivity index (χ0n) is 22.3. The molecule has 0 N–H and O–H groups in total. The largest absolute Gasteiger partial charge is 0.494 e. The highest BCUT2D eigenvalue weighted by molar-refractivity contribution is 9.10. The van der Waals surface area contributed by atoms with Crippen LogP contribution in [0, 0.1) is 0 Å². The van der Waals surface area contributed by atoms with Gasteiger partial charge in [0, 0.05) is 11.0 Å². The maximum Gasteiger partial charge on any atom is 0.338 e. The Balaban J connectivity index is 1.60. The van der Waals surface area contributed by atoms with E-state index in [0.717, 1.165) is 14.9 Å². The second-order valence-corrected chi connectivity index (χ2v) is 12.1. The van der Waals surface area contributed by atoms with Gasteiger partial charge >= 0.3 is 5.97 Å². The van der Waals surface area contributed by atoms with E-state index in [9.17, 15) is 9.59 Å². The van der Waals surface area contributed by atoms with Crippen LogP contribution in [0.5, 0.6) is 5.75 Å². The monoisotopic (exact) mass is 638 g/mol. The summed E-state index contributed by atoms with van der Waals surface area (Å²) in [4.78, 5) is 33.3. The van der Waals surface area contributed by atoms with Gasteiger partial charge in [-0.3, -0.25) is 9.36 Å². The standard InChI is InChI=1S/C30H27BrN2O5S2/c1-5-36-20-13-11-19(12-14-20)26-25(28(35)37-17(2)3)18(4)32-30-33(26)27(34)24(40-30)16-21-15-23(31)29(38-21)39-22-9-7-6-8-10-22/h6-17,26H,5H2,1-4H3/b24-16+/t26-/m1/s1. The molecule has 5 rings (SSSR count). The van der Waals surface area contributed by atoms with Crippen LogP contribution >= 0.6 is 39.0 Å². The number of furan rings is 1. The lowest BCUT2D eigenvalue weighted by Crippen LogP contribution is -2.40. The van der Waals surface area contributed by atoms with Gasteiger partial charge in [-0.2, -0.15) is 0 Å². The molecule has 4 aromatic rings. The van der Waals surface area contributed by atoms with Crippen molar-refractivity contribution >= 4 is 51.1 Å². The molecule has 40 heavy (non-hydrogen) atoms. The second-order valence-electron chi connectivity index (χ2n) is 9.24. The van der Waals surface area contributed by atoms with Gasteiger partial charge in [-0.05, 0) is 79.5 Å². The number of hydrogen-bond donors (Lipinski definition) is 0. The van der Waals surface area contributed by atoms with Crippen LogP contribution in [0.1, 0.15) is 45.1 Å². The zero-order valence-corrected chi connectivity index (χ0v) is 25.6. The van der Waals surface area contributed by atoms with E-state index in [0.29, 0.717) is 43.8 Å². The van der Waals surface area contributed by atoms with Crippen LogP contribution in [0.25, 0.3) is 6.08 Å². The third-order valence-corrected chi connectivity index (χ3v) is 8.82. The molecule has 0 saturated carbocycles. The van der Waals surface area contributed by atoms with Crippen molar-refractivity contribution in [2.75, 3.05) is 6.61 Å². The summed E-state index contributed by atoms with van der Waals surface area (Å²) in [6.07, 6.45) is 1.39. The van der Waals surface area contributed by atoms with Crippen molar-refractivity contribution in [1.82, 2.24) is 4.57 Å². The molecule has 3 heterocycles. The molecule has 0 fully saturated rings. The molecule has 7 nitrogen and oxygen atoms in total. The number of thiazole rings is 1. The third-order valence-electron chi connectivity index (χ3n) is 5.99. The minimum absolute atomic E-state index is 0.269. The molecule has 0 saturated heterocycles. The molecule has 10 heteroatoms. The number of benzene rings is 2. The first-order chi connectivity index (χ1) is 19.2. The number of hydrogen-bond acceptors (Lipinski definition) is 8. The summed E-state index contributed by atoms with van der Waals surface area (Å²) in [5, 5.41) is 0.687. The van der Waals surface area contributed by atoms with E-state index < -0.39 is 12.0 Å². The highest BCUT2D eigenvalue weighted by Crippen LogP contribution is 2.36. The first-order valence-corrected chi connectivity index (χ1v) is 15.2. The minimum Gasteiger partial charge on any atom is -0.494 e. The van der Waals surface area contributed by atoms with Crippen molar-refractivity contribution in [2.24, 2.45) is 4.99 Å². The first-order valence-electron chi connectivity index (χ1n) is 12.7. The molecule has 0 bridgehead atoms. The van der Waals surface area contributed by atoms with E-state index in [1.165, 1.54) is 23.1 Å². The topological polar surface area (TPSA) is 83.0 Å². The van der Waals surface area contributed by atoms with Gasteiger partial charge in [0.05, 0.1) is 39.0 Å².